The van der Waals surface area contributed by atoms with Crippen LogP contribution in [-0.4, -0.2) is 28.7 Å². The van der Waals surface area contributed by atoms with E-state index in [0.29, 0.717) is 41.4 Å². The summed E-state index contributed by atoms with van der Waals surface area (Å²) in [4.78, 5) is 8.63. The number of fused-ring (bicyclic) bond motifs is 1. The molecule has 3 aromatic rings. The number of nitrogens with zero attached hydrogens (tertiary/aromatic N) is 3. The number of pyridine rings is 1. The Hall–Kier alpha value is -2.03. The van der Waals surface area contributed by atoms with Crippen molar-refractivity contribution < 1.29 is 8.42 Å². The summed E-state index contributed by atoms with van der Waals surface area (Å²) in [5, 5.41) is 0.708. The second-order valence-electron chi connectivity index (χ2n) is 6.59. The summed E-state index contributed by atoms with van der Waals surface area (Å²) >= 11 is 11.9. The van der Waals surface area contributed by atoms with Crippen molar-refractivity contribution in [1.29, 1.82) is 0 Å². The van der Waals surface area contributed by atoms with E-state index in [1.54, 1.807) is 18.5 Å². The summed E-state index contributed by atoms with van der Waals surface area (Å²) in [5.74, 6) is 0.392. The molecule has 1 aromatic carbocycles. The molecule has 0 atom stereocenters. The number of benzene rings is 1. The third kappa shape index (κ3) is 4.51. The fourth-order valence-electron chi connectivity index (χ4n) is 2.99. The first-order valence-corrected chi connectivity index (χ1v) is 11.1. The van der Waals surface area contributed by atoms with Crippen LogP contribution in [0.15, 0.2) is 24.5 Å². The van der Waals surface area contributed by atoms with Gasteiger partial charge < -0.3 is 10.3 Å². The summed E-state index contributed by atoms with van der Waals surface area (Å²) in [6, 6.07) is 4.62. The molecule has 10 heteroatoms. The largest absolute Gasteiger partial charge is 0.382 e. The van der Waals surface area contributed by atoms with Crippen LogP contribution < -0.4 is 10.5 Å². The Bertz CT molecular complexity index is 1130. The Morgan fingerprint density at radius 2 is 1.96 bits per heavy atom. The molecule has 28 heavy (non-hydrogen) atoms. The average Bonchev–Trinajstić information content (AvgIpc) is 3.04. The van der Waals surface area contributed by atoms with Gasteiger partial charge >= 0.3 is 0 Å². The second kappa shape index (κ2) is 8.14. The number of aromatic nitrogens is 3. The van der Waals surface area contributed by atoms with Crippen LogP contribution in [0.3, 0.4) is 0 Å². The van der Waals surface area contributed by atoms with Crippen molar-refractivity contribution in [3.63, 3.8) is 0 Å². The first-order valence-electron chi connectivity index (χ1n) is 8.71. The van der Waals surface area contributed by atoms with E-state index in [1.807, 2.05) is 18.4 Å². The third-order valence-electron chi connectivity index (χ3n) is 4.53. The number of nitrogen functional groups attached to an aromatic ring is 1. The van der Waals surface area contributed by atoms with Crippen LogP contribution >= 0.6 is 23.2 Å². The first kappa shape index (κ1) is 20.7. The lowest BCUT2D eigenvalue weighted by atomic mass is 10.2. The predicted octanol–water partition coefficient (Wildman–Crippen LogP) is 4.16. The second-order valence-corrected chi connectivity index (χ2v) is 9.28. The molecule has 2 aromatic heterocycles. The molecule has 0 bridgehead atoms. The minimum absolute atomic E-state index is 0.0136. The van der Waals surface area contributed by atoms with Gasteiger partial charge in [-0.2, -0.15) is 0 Å². The minimum atomic E-state index is -3.51. The number of imidazole rings is 1. The van der Waals surface area contributed by atoms with Gasteiger partial charge in [-0.05, 0) is 50.5 Å². The number of halogens is 2. The van der Waals surface area contributed by atoms with Crippen molar-refractivity contribution >= 4 is 55.8 Å². The van der Waals surface area contributed by atoms with Crippen molar-refractivity contribution in [2.24, 2.45) is 0 Å². The number of hydrogen-bond donors (Lipinski definition) is 2. The Kier molecular flexibility index (Phi) is 6.02. The van der Waals surface area contributed by atoms with E-state index in [1.165, 1.54) is 6.07 Å². The molecule has 0 aliphatic rings. The zero-order chi connectivity index (χ0) is 20.5. The maximum absolute atomic E-state index is 12.3. The smallest absolute Gasteiger partial charge is 0.232 e. The van der Waals surface area contributed by atoms with Crippen LogP contribution in [0.4, 0.5) is 11.5 Å². The van der Waals surface area contributed by atoms with Gasteiger partial charge in [-0.25, -0.2) is 18.4 Å². The van der Waals surface area contributed by atoms with E-state index in [0.717, 1.165) is 16.8 Å². The molecule has 2 heterocycles. The van der Waals surface area contributed by atoms with Gasteiger partial charge in [-0.15, -0.1) is 0 Å². The fraction of sp³-hybridized carbons (Fsp3) is 0.333. The Morgan fingerprint density at radius 3 is 2.68 bits per heavy atom. The highest BCUT2D eigenvalue weighted by Gasteiger charge is 2.14. The van der Waals surface area contributed by atoms with Gasteiger partial charge in [0.25, 0.3) is 0 Å². The van der Waals surface area contributed by atoms with Crippen LogP contribution in [0.2, 0.25) is 10.0 Å². The number of hydrogen-bond acceptors (Lipinski definition) is 5. The molecule has 0 saturated heterocycles. The van der Waals surface area contributed by atoms with Crippen molar-refractivity contribution in [2.45, 2.75) is 33.2 Å². The molecule has 0 aliphatic carbocycles. The summed E-state index contributed by atoms with van der Waals surface area (Å²) in [6.07, 6.45) is 2.87. The molecule has 0 unspecified atom stereocenters. The zero-order valence-corrected chi connectivity index (χ0v) is 17.9. The fourth-order valence-corrected chi connectivity index (χ4v) is 4.70. The normalized spacial score (nSPS) is 11.9. The number of rotatable bonds is 7. The molecule has 0 amide bonds. The number of nitrogens with two attached hydrogens (primary N) is 1. The lowest BCUT2D eigenvalue weighted by Crippen LogP contribution is -2.17. The topological polar surface area (TPSA) is 103 Å². The Balaban J connectivity index is 1.62. The summed E-state index contributed by atoms with van der Waals surface area (Å²) in [6.45, 7) is 4.52. The van der Waals surface area contributed by atoms with Crippen LogP contribution in [0.5, 0.6) is 0 Å². The molecule has 0 radical (unpaired) electrons. The highest BCUT2D eigenvalue weighted by atomic mass is 35.5. The van der Waals surface area contributed by atoms with Gasteiger partial charge in [0.1, 0.15) is 5.52 Å². The molecule has 0 spiro atoms. The predicted molar refractivity (Wildman–Crippen MR) is 115 cm³/mol. The highest BCUT2D eigenvalue weighted by molar-refractivity contribution is 7.92. The van der Waals surface area contributed by atoms with Gasteiger partial charge in [0.15, 0.2) is 5.82 Å². The van der Waals surface area contributed by atoms with E-state index in [4.69, 9.17) is 28.9 Å². The van der Waals surface area contributed by atoms with E-state index in [2.05, 4.69) is 14.7 Å². The number of nitrogens with one attached hydrogen (secondary N) is 1. The first-order chi connectivity index (χ1) is 13.2. The standard InChI is InChI=1S/C18H21Cl2N5O2S/c1-11-12(2)23-18(21)16-17(11)25(10-22-16)7-3-4-8-28(26,27)24-15-6-5-13(19)9-14(15)20/h5-6,9-10,24H,3-4,7-8H2,1-2H3,(H2,21,23). The molecule has 150 valence electrons. The molecule has 3 rings (SSSR count). The molecule has 0 fully saturated rings. The molecule has 0 aliphatic heterocycles. The average molecular weight is 442 g/mol. The van der Waals surface area contributed by atoms with Gasteiger partial charge in [-0.3, -0.25) is 4.72 Å². The monoisotopic (exact) mass is 441 g/mol. The molecule has 3 N–H and O–H groups in total. The Labute approximate surface area is 173 Å². The Morgan fingerprint density at radius 1 is 1.21 bits per heavy atom. The quantitative estimate of drug-likeness (QED) is 0.535. The van der Waals surface area contributed by atoms with Crippen LogP contribution in [-0.2, 0) is 16.6 Å². The SMILES string of the molecule is Cc1nc(N)c2ncn(CCCCS(=O)(=O)Nc3ccc(Cl)cc3Cl)c2c1C. The van der Waals surface area contributed by atoms with Crippen LogP contribution in [0.25, 0.3) is 11.0 Å². The van der Waals surface area contributed by atoms with Crippen molar-refractivity contribution in [3.05, 3.63) is 45.8 Å². The number of anilines is 2. The van der Waals surface area contributed by atoms with Gasteiger partial charge in [0.2, 0.25) is 10.0 Å². The van der Waals surface area contributed by atoms with Crippen molar-refractivity contribution in [1.82, 2.24) is 14.5 Å². The van der Waals surface area contributed by atoms with E-state index in [9.17, 15) is 8.42 Å². The summed E-state index contributed by atoms with van der Waals surface area (Å²) in [7, 11) is -3.51. The van der Waals surface area contributed by atoms with Crippen molar-refractivity contribution in [2.75, 3.05) is 16.2 Å². The number of sulfonamides is 1. The van der Waals surface area contributed by atoms with Crippen LogP contribution in [0, 0.1) is 13.8 Å². The van der Waals surface area contributed by atoms with E-state index >= 15 is 0 Å². The zero-order valence-electron chi connectivity index (χ0n) is 15.5. The maximum Gasteiger partial charge on any atom is 0.232 e. The summed E-state index contributed by atoms with van der Waals surface area (Å²) in [5.41, 5.74) is 9.77. The van der Waals surface area contributed by atoms with Gasteiger partial charge in [0, 0.05) is 17.3 Å². The van der Waals surface area contributed by atoms with Gasteiger partial charge in [0.05, 0.1) is 28.3 Å². The molecule has 0 saturated carbocycles. The van der Waals surface area contributed by atoms with E-state index < -0.39 is 10.0 Å². The molecule has 7 nitrogen and oxygen atoms in total. The maximum atomic E-state index is 12.3. The minimum Gasteiger partial charge on any atom is -0.382 e. The molecular formula is C18H21Cl2N5O2S. The van der Waals surface area contributed by atoms with Crippen molar-refractivity contribution in [3.8, 4) is 0 Å². The van der Waals surface area contributed by atoms with Gasteiger partial charge in [-0.1, -0.05) is 23.2 Å². The molecular weight excluding hydrogens is 421 g/mol. The third-order valence-corrected chi connectivity index (χ3v) is 6.43. The van der Waals surface area contributed by atoms with Crippen LogP contribution in [0.1, 0.15) is 24.1 Å². The lowest BCUT2D eigenvalue weighted by molar-refractivity contribution is 0.589. The number of aryl methyl sites for hydroxylation is 3. The number of unbranched alkanes of at least 4 members (excludes halogenated alkanes) is 1. The lowest BCUT2D eigenvalue weighted by Gasteiger charge is -2.11. The summed E-state index contributed by atoms with van der Waals surface area (Å²) < 4.78 is 29.1. The highest BCUT2D eigenvalue weighted by Crippen LogP contribution is 2.27. The van der Waals surface area contributed by atoms with E-state index in [-0.39, 0.29) is 10.8 Å².